The van der Waals surface area contributed by atoms with Crippen LogP contribution in [0.3, 0.4) is 0 Å². The largest absolute Gasteiger partial charge is 0.488 e. The van der Waals surface area contributed by atoms with Crippen molar-refractivity contribution in [1.82, 2.24) is 0 Å². The number of rotatable bonds is 6. The molecule has 4 heteroatoms. The molecule has 3 nitrogen and oxygen atoms in total. The van der Waals surface area contributed by atoms with Gasteiger partial charge in [-0.2, -0.15) is 0 Å². The lowest BCUT2D eigenvalue weighted by Gasteiger charge is -2.28. The van der Waals surface area contributed by atoms with Gasteiger partial charge in [0.1, 0.15) is 0 Å². The van der Waals surface area contributed by atoms with Gasteiger partial charge in [0.2, 0.25) is 0 Å². The van der Waals surface area contributed by atoms with Gasteiger partial charge in [-0.1, -0.05) is 109 Å². The molecule has 0 spiro atoms. The van der Waals surface area contributed by atoms with E-state index in [0.717, 1.165) is 50.1 Å². The average Bonchev–Trinajstić information content (AvgIpc) is 2.98. The van der Waals surface area contributed by atoms with Crippen molar-refractivity contribution in [2.45, 2.75) is 0 Å². The number of benzene rings is 6. The van der Waals surface area contributed by atoms with Crippen molar-refractivity contribution in [2.24, 2.45) is 0 Å². The second-order valence-electron chi connectivity index (χ2n) is 9.30. The third kappa shape index (κ3) is 4.71. The maximum Gasteiger partial charge on any atom is 0.488 e. The van der Waals surface area contributed by atoms with Gasteiger partial charge in [0.25, 0.3) is 0 Å². The number of fused-ring (bicyclic) bond motifs is 1. The smallest absolute Gasteiger partial charge is 0.423 e. The standard InChI is InChI=1S/C34H26BNO2/c37-35(38)30-18-20-31(21-19-30)36(34-17-9-15-27-14-7-8-16-33(27)34)32-23-28(25-10-3-1-4-11-25)22-29(24-32)26-12-5-2-6-13-26/h1-24,37-38H. The van der Waals surface area contributed by atoms with E-state index in [2.05, 4.69) is 114 Å². The lowest BCUT2D eigenvalue weighted by atomic mass is 9.80. The molecule has 38 heavy (non-hydrogen) atoms. The predicted molar refractivity (Wildman–Crippen MR) is 159 cm³/mol. The van der Waals surface area contributed by atoms with E-state index < -0.39 is 7.12 Å². The Morgan fingerprint density at radius 1 is 0.447 bits per heavy atom. The third-order valence-electron chi connectivity index (χ3n) is 6.85. The maximum absolute atomic E-state index is 9.70. The summed E-state index contributed by atoms with van der Waals surface area (Å²) >= 11 is 0. The summed E-state index contributed by atoms with van der Waals surface area (Å²) in [5.41, 5.74) is 7.96. The van der Waals surface area contributed by atoms with Crippen LogP contribution < -0.4 is 10.4 Å². The zero-order valence-electron chi connectivity index (χ0n) is 20.8. The maximum atomic E-state index is 9.70. The van der Waals surface area contributed by atoms with Crippen LogP contribution in [0.2, 0.25) is 0 Å². The molecule has 0 aliphatic heterocycles. The van der Waals surface area contributed by atoms with Gasteiger partial charge in [-0.05, 0) is 69.5 Å². The van der Waals surface area contributed by atoms with Crippen LogP contribution in [0.15, 0.2) is 146 Å². The van der Waals surface area contributed by atoms with Gasteiger partial charge >= 0.3 is 7.12 Å². The first-order valence-corrected chi connectivity index (χ1v) is 12.7. The van der Waals surface area contributed by atoms with E-state index in [9.17, 15) is 10.0 Å². The number of hydrogen-bond donors (Lipinski definition) is 2. The van der Waals surface area contributed by atoms with Gasteiger partial charge in [0.05, 0.1) is 5.69 Å². The van der Waals surface area contributed by atoms with E-state index >= 15 is 0 Å². The Morgan fingerprint density at radius 3 is 1.61 bits per heavy atom. The minimum absolute atomic E-state index is 0.453. The van der Waals surface area contributed by atoms with Crippen LogP contribution in [-0.2, 0) is 0 Å². The van der Waals surface area contributed by atoms with E-state index in [0.29, 0.717) is 5.46 Å². The highest BCUT2D eigenvalue weighted by atomic mass is 16.4. The fraction of sp³-hybridized carbons (Fsp3) is 0. The summed E-state index contributed by atoms with van der Waals surface area (Å²) in [4.78, 5) is 2.24. The molecule has 0 aromatic heterocycles. The summed E-state index contributed by atoms with van der Waals surface area (Å²) in [7, 11) is -1.51. The first-order valence-electron chi connectivity index (χ1n) is 12.7. The molecule has 182 valence electrons. The normalized spacial score (nSPS) is 10.9. The van der Waals surface area contributed by atoms with Gasteiger partial charge in [-0.25, -0.2) is 0 Å². The van der Waals surface area contributed by atoms with Crippen molar-refractivity contribution in [3.8, 4) is 22.3 Å². The van der Waals surface area contributed by atoms with Gasteiger partial charge < -0.3 is 14.9 Å². The summed E-state index contributed by atoms with van der Waals surface area (Å²) in [5, 5.41) is 21.7. The minimum atomic E-state index is -1.51. The lowest BCUT2D eigenvalue weighted by molar-refractivity contribution is 0.426. The molecule has 0 aliphatic carbocycles. The summed E-state index contributed by atoms with van der Waals surface area (Å²) in [6.45, 7) is 0. The molecule has 6 rings (SSSR count). The molecule has 2 N–H and O–H groups in total. The molecule has 6 aromatic rings. The van der Waals surface area contributed by atoms with Crippen molar-refractivity contribution < 1.29 is 10.0 Å². The van der Waals surface area contributed by atoms with Crippen LogP contribution >= 0.6 is 0 Å². The quantitative estimate of drug-likeness (QED) is 0.240. The Morgan fingerprint density at radius 2 is 1.00 bits per heavy atom. The molecule has 0 heterocycles. The molecule has 0 atom stereocenters. The van der Waals surface area contributed by atoms with Crippen LogP contribution in [0, 0.1) is 0 Å². The fourth-order valence-corrected chi connectivity index (χ4v) is 4.96. The fourth-order valence-electron chi connectivity index (χ4n) is 4.96. The SMILES string of the molecule is OB(O)c1ccc(N(c2cc(-c3ccccc3)cc(-c3ccccc3)c2)c2cccc3ccccc23)cc1. The molecule has 0 radical (unpaired) electrons. The topological polar surface area (TPSA) is 43.7 Å². The Labute approximate surface area is 223 Å². The average molecular weight is 491 g/mol. The van der Waals surface area contributed by atoms with E-state index in [4.69, 9.17) is 0 Å². The summed E-state index contributed by atoms with van der Waals surface area (Å²) in [5.74, 6) is 0. The van der Waals surface area contributed by atoms with E-state index in [-0.39, 0.29) is 0 Å². The van der Waals surface area contributed by atoms with Crippen LogP contribution in [0.1, 0.15) is 0 Å². The Hall–Kier alpha value is -4.64. The molecular formula is C34H26BNO2. The van der Waals surface area contributed by atoms with Crippen LogP contribution in [-0.4, -0.2) is 17.2 Å². The zero-order chi connectivity index (χ0) is 25.9. The minimum Gasteiger partial charge on any atom is -0.423 e. The second kappa shape index (κ2) is 10.4. The zero-order valence-corrected chi connectivity index (χ0v) is 20.8. The number of anilines is 3. The third-order valence-corrected chi connectivity index (χ3v) is 6.85. The molecule has 0 saturated carbocycles. The molecule has 0 unspecified atom stereocenters. The van der Waals surface area contributed by atoms with Gasteiger partial charge in [0.15, 0.2) is 0 Å². The molecule has 0 saturated heterocycles. The van der Waals surface area contributed by atoms with E-state index in [1.165, 1.54) is 0 Å². The monoisotopic (exact) mass is 491 g/mol. The van der Waals surface area contributed by atoms with E-state index in [1.54, 1.807) is 12.1 Å². The van der Waals surface area contributed by atoms with E-state index in [1.807, 2.05) is 24.3 Å². The molecule has 0 bridgehead atoms. The summed E-state index contributed by atoms with van der Waals surface area (Å²) in [6.07, 6.45) is 0. The van der Waals surface area contributed by atoms with Crippen molar-refractivity contribution in [3.63, 3.8) is 0 Å². The van der Waals surface area contributed by atoms with Crippen molar-refractivity contribution in [2.75, 3.05) is 4.90 Å². The van der Waals surface area contributed by atoms with Gasteiger partial charge in [0, 0.05) is 16.8 Å². The van der Waals surface area contributed by atoms with Crippen LogP contribution in [0.5, 0.6) is 0 Å². The Bertz CT molecular complexity index is 1620. The molecule has 0 aliphatic rings. The molecule has 0 amide bonds. The predicted octanol–water partition coefficient (Wildman–Crippen LogP) is 7.32. The van der Waals surface area contributed by atoms with Gasteiger partial charge in [-0.3, -0.25) is 0 Å². The molecule has 0 fully saturated rings. The molecular weight excluding hydrogens is 465 g/mol. The Balaban J connectivity index is 1.62. The Kier molecular flexibility index (Phi) is 6.49. The highest BCUT2D eigenvalue weighted by Gasteiger charge is 2.19. The van der Waals surface area contributed by atoms with Crippen molar-refractivity contribution >= 4 is 40.4 Å². The summed E-state index contributed by atoms with van der Waals surface area (Å²) in [6, 6.07) is 49.6. The lowest BCUT2D eigenvalue weighted by Crippen LogP contribution is -2.29. The highest BCUT2D eigenvalue weighted by molar-refractivity contribution is 6.58. The second-order valence-corrected chi connectivity index (χ2v) is 9.30. The van der Waals surface area contributed by atoms with Crippen LogP contribution in [0.4, 0.5) is 17.1 Å². The van der Waals surface area contributed by atoms with Crippen molar-refractivity contribution in [1.29, 1.82) is 0 Å². The first-order chi connectivity index (χ1) is 18.7. The molecule has 6 aromatic carbocycles. The number of hydrogen-bond acceptors (Lipinski definition) is 3. The first kappa shape index (κ1) is 23.7. The van der Waals surface area contributed by atoms with Crippen LogP contribution in [0.25, 0.3) is 33.0 Å². The number of nitrogens with zero attached hydrogens (tertiary/aromatic N) is 1. The summed E-state index contributed by atoms with van der Waals surface area (Å²) < 4.78 is 0. The van der Waals surface area contributed by atoms with Gasteiger partial charge in [-0.15, -0.1) is 0 Å². The van der Waals surface area contributed by atoms with Crippen molar-refractivity contribution in [3.05, 3.63) is 146 Å². The highest BCUT2D eigenvalue weighted by Crippen LogP contribution is 2.41.